The minimum absolute atomic E-state index is 0.153. The van der Waals surface area contributed by atoms with Gasteiger partial charge in [0.15, 0.2) is 4.80 Å². The number of fused-ring (bicyclic) bond motifs is 1. The Hall–Kier alpha value is -2.04. The van der Waals surface area contributed by atoms with Gasteiger partial charge in [0, 0.05) is 8.45 Å². The summed E-state index contributed by atoms with van der Waals surface area (Å²) in [4.78, 5) is 32.1. The van der Waals surface area contributed by atoms with Crippen molar-refractivity contribution in [2.45, 2.75) is 19.9 Å². The third-order valence-electron chi connectivity index (χ3n) is 4.50. The van der Waals surface area contributed by atoms with Gasteiger partial charge in [0.25, 0.3) is 5.56 Å². The molecule has 0 spiro atoms. The van der Waals surface area contributed by atoms with E-state index in [1.807, 2.05) is 47.9 Å². The SMILES string of the molecule is CCOC(=O)C1=C(C)N=c2sc(=Cc3ccc(I)cc3)c(=O)n2C1c1cccs1. The van der Waals surface area contributed by atoms with Gasteiger partial charge in [0.1, 0.15) is 6.04 Å². The highest BCUT2D eigenvalue weighted by Crippen LogP contribution is 2.33. The van der Waals surface area contributed by atoms with Crippen LogP contribution in [0.25, 0.3) is 6.08 Å². The molecule has 0 saturated heterocycles. The molecule has 1 unspecified atom stereocenters. The van der Waals surface area contributed by atoms with Crippen molar-refractivity contribution < 1.29 is 9.53 Å². The minimum atomic E-state index is -0.524. The monoisotopic (exact) mass is 536 g/mol. The number of thiazole rings is 1. The van der Waals surface area contributed by atoms with Gasteiger partial charge in [0.05, 0.1) is 22.4 Å². The van der Waals surface area contributed by atoms with Crippen molar-refractivity contribution in [2.75, 3.05) is 6.61 Å². The molecule has 148 valence electrons. The molecular formula is C21H17IN2O3S2. The second-order valence-electron chi connectivity index (χ2n) is 6.37. The van der Waals surface area contributed by atoms with Crippen LogP contribution in [0.3, 0.4) is 0 Å². The molecule has 0 bridgehead atoms. The fourth-order valence-electron chi connectivity index (χ4n) is 3.22. The van der Waals surface area contributed by atoms with E-state index in [1.165, 1.54) is 22.7 Å². The fourth-order valence-corrected chi connectivity index (χ4v) is 5.45. The molecule has 1 atom stereocenters. The van der Waals surface area contributed by atoms with Gasteiger partial charge in [-0.1, -0.05) is 29.5 Å². The summed E-state index contributed by atoms with van der Waals surface area (Å²) in [6, 6.07) is 11.3. The number of aromatic nitrogens is 1. The van der Waals surface area contributed by atoms with Crippen LogP contribution in [-0.4, -0.2) is 17.1 Å². The summed E-state index contributed by atoms with van der Waals surface area (Å²) in [5.74, 6) is -0.431. The van der Waals surface area contributed by atoms with Crippen LogP contribution in [0.4, 0.5) is 0 Å². The number of thiophene rings is 1. The Morgan fingerprint density at radius 1 is 1.31 bits per heavy atom. The Bertz CT molecular complexity index is 1270. The second kappa shape index (κ2) is 8.37. The first-order valence-electron chi connectivity index (χ1n) is 8.98. The van der Waals surface area contributed by atoms with E-state index in [2.05, 4.69) is 27.6 Å². The van der Waals surface area contributed by atoms with Crippen LogP contribution in [0, 0.1) is 3.57 Å². The number of esters is 1. The third kappa shape index (κ3) is 3.88. The highest BCUT2D eigenvalue weighted by molar-refractivity contribution is 14.1. The second-order valence-corrected chi connectivity index (χ2v) is 9.60. The van der Waals surface area contributed by atoms with Gasteiger partial charge in [-0.15, -0.1) is 11.3 Å². The van der Waals surface area contributed by atoms with Crippen molar-refractivity contribution in [2.24, 2.45) is 4.99 Å². The molecule has 0 N–H and O–H groups in total. The molecule has 0 radical (unpaired) electrons. The Morgan fingerprint density at radius 3 is 2.72 bits per heavy atom. The number of nitrogens with zero attached hydrogens (tertiary/aromatic N) is 2. The van der Waals surface area contributed by atoms with Gasteiger partial charge in [0.2, 0.25) is 0 Å². The van der Waals surface area contributed by atoms with Crippen molar-refractivity contribution in [3.05, 3.63) is 86.7 Å². The molecule has 5 nitrogen and oxygen atoms in total. The highest BCUT2D eigenvalue weighted by Gasteiger charge is 2.33. The third-order valence-corrected chi connectivity index (χ3v) is 7.12. The van der Waals surface area contributed by atoms with Crippen LogP contribution in [0.1, 0.15) is 30.3 Å². The van der Waals surface area contributed by atoms with Crippen molar-refractivity contribution in [3.8, 4) is 0 Å². The van der Waals surface area contributed by atoms with E-state index in [4.69, 9.17) is 4.74 Å². The summed E-state index contributed by atoms with van der Waals surface area (Å²) in [6.07, 6.45) is 1.87. The molecule has 0 amide bonds. The summed E-state index contributed by atoms with van der Waals surface area (Å²) < 4.78 is 8.62. The molecule has 29 heavy (non-hydrogen) atoms. The molecule has 3 heterocycles. The molecule has 1 aliphatic rings. The van der Waals surface area contributed by atoms with Crippen molar-refractivity contribution in [1.29, 1.82) is 0 Å². The average molecular weight is 536 g/mol. The normalized spacial score (nSPS) is 16.5. The van der Waals surface area contributed by atoms with Crippen LogP contribution < -0.4 is 14.9 Å². The molecule has 1 aromatic carbocycles. The summed E-state index contributed by atoms with van der Waals surface area (Å²) in [6.45, 7) is 3.83. The zero-order valence-corrected chi connectivity index (χ0v) is 19.5. The van der Waals surface area contributed by atoms with E-state index in [0.717, 1.165) is 14.0 Å². The quantitative estimate of drug-likeness (QED) is 0.379. The van der Waals surface area contributed by atoms with Gasteiger partial charge in [-0.05, 0) is 71.7 Å². The Morgan fingerprint density at radius 2 is 2.07 bits per heavy atom. The van der Waals surface area contributed by atoms with Gasteiger partial charge >= 0.3 is 5.97 Å². The van der Waals surface area contributed by atoms with E-state index in [-0.39, 0.29) is 12.2 Å². The molecule has 8 heteroatoms. The molecule has 2 aromatic heterocycles. The number of hydrogen-bond donors (Lipinski definition) is 0. The lowest BCUT2D eigenvalue weighted by molar-refractivity contribution is -0.139. The first-order valence-corrected chi connectivity index (χ1v) is 11.8. The largest absolute Gasteiger partial charge is 0.463 e. The molecule has 0 saturated carbocycles. The standard InChI is InChI=1S/C21H17IN2O3S2/c1-3-27-20(26)17-12(2)23-21-24(18(17)15-5-4-10-28-15)19(25)16(29-21)11-13-6-8-14(22)9-7-13/h4-11,18H,3H2,1-2H3. The molecule has 0 aliphatic carbocycles. The topological polar surface area (TPSA) is 60.7 Å². The maximum Gasteiger partial charge on any atom is 0.338 e. The molecule has 0 fully saturated rings. The van der Waals surface area contributed by atoms with E-state index < -0.39 is 12.0 Å². The fraction of sp³-hybridized carbons (Fsp3) is 0.190. The molecule has 4 rings (SSSR count). The zero-order chi connectivity index (χ0) is 20.5. The number of rotatable bonds is 4. The van der Waals surface area contributed by atoms with Gasteiger partial charge in [-0.3, -0.25) is 9.36 Å². The van der Waals surface area contributed by atoms with E-state index in [0.29, 0.717) is 20.6 Å². The Labute approximate surface area is 188 Å². The lowest BCUT2D eigenvalue weighted by Crippen LogP contribution is -2.39. The van der Waals surface area contributed by atoms with Gasteiger partial charge < -0.3 is 4.74 Å². The summed E-state index contributed by atoms with van der Waals surface area (Å²) in [5, 5.41) is 1.94. The van der Waals surface area contributed by atoms with Crippen molar-refractivity contribution in [1.82, 2.24) is 4.57 Å². The van der Waals surface area contributed by atoms with Gasteiger partial charge in [-0.2, -0.15) is 0 Å². The maximum atomic E-state index is 13.3. The first-order chi connectivity index (χ1) is 14.0. The predicted molar refractivity (Wildman–Crippen MR) is 124 cm³/mol. The van der Waals surface area contributed by atoms with E-state index in [1.54, 1.807) is 18.4 Å². The van der Waals surface area contributed by atoms with E-state index >= 15 is 0 Å². The van der Waals surface area contributed by atoms with Crippen LogP contribution in [0.5, 0.6) is 0 Å². The lowest BCUT2D eigenvalue weighted by atomic mass is 10.0. The summed E-state index contributed by atoms with van der Waals surface area (Å²) in [5.41, 5.74) is 1.80. The smallest absolute Gasteiger partial charge is 0.338 e. The lowest BCUT2D eigenvalue weighted by Gasteiger charge is -2.23. The van der Waals surface area contributed by atoms with Crippen LogP contribution in [0.15, 0.2) is 62.8 Å². The average Bonchev–Trinajstić information content (AvgIpc) is 3.32. The van der Waals surface area contributed by atoms with Gasteiger partial charge in [-0.25, -0.2) is 9.79 Å². The number of hydrogen-bond acceptors (Lipinski definition) is 6. The summed E-state index contributed by atoms with van der Waals surface area (Å²) >= 11 is 5.09. The first kappa shape index (κ1) is 20.2. The zero-order valence-electron chi connectivity index (χ0n) is 15.7. The number of allylic oxidation sites excluding steroid dienone is 1. The van der Waals surface area contributed by atoms with Crippen LogP contribution in [-0.2, 0) is 9.53 Å². The maximum absolute atomic E-state index is 13.3. The number of benzene rings is 1. The molecule has 3 aromatic rings. The van der Waals surface area contributed by atoms with Crippen molar-refractivity contribution in [3.63, 3.8) is 0 Å². The predicted octanol–water partition coefficient (Wildman–Crippen LogP) is 3.46. The number of carbonyl (C=O) groups is 1. The highest BCUT2D eigenvalue weighted by atomic mass is 127. The van der Waals surface area contributed by atoms with Crippen LogP contribution in [0.2, 0.25) is 0 Å². The Kier molecular flexibility index (Phi) is 5.84. The number of carbonyl (C=O) groups excluding carboxylic acids is 1. The van der Waals surface area contributed by atoms with Crippen LogP contribution >= 0.6 is 45.3 Å². The van der Waals surface area contributed by atoms with Crippen molar-refractivity contribution >= 4 is 57.3 Å². The minimum Gasteiger partial charge on any atom is -0.463 e. The molecule has 1 aliphatic heterocycles. The summed E-state index contributed by atoms with van der Waals surface area (Å²) in [7, 11) is 0. The number of ether oxygens (including phenoxy) is 1. The number of halogens is 1. The van der Waals surface area contributed by atoms with E-state index in [9.17, 15) is 9.59 Å². The Balaban J connectivity index is 1.93. The molecular weight excluding hydrogens is 519 g/mol.